The number of carbonyl (C=O) groups is 1. The van der Waals surface area contributed by atoms with Crippen LogP contribution in [0.3, 0.4) is 0 Å². The standard InChI is InChI=1S/C16H23B2N2O2.C3H9N.C2H6/c1-12(2)13-7-9-19(10-8-13)16(17,18)15-6-4-5-14(11-21)20(15)22-3;1-4(2)3;1-2/h4-6,11-13H,7-10H2,1-3H3;1-3H3;1-2H3/q+1;;. The number of aromatic nitrogens is 1. The van der Waals surface area contributed by atoms with Crippen molar-refractivity contribution in [3.63, 3.8) is 0 Å². The van der Waals surface area contributed by atoms with Gasteiger partial charge in [0.2, 0.25) is 12.0 Å². The maximum atomic E-state index is 11.2. The number of hydrogen-bond donors (Lipinski definition) is 0. The zero-order valence-electron chi connectivity index (χ0n) is 19.1. The van der Waals surface area contributed by atoms with Crippen LogP contribution in [-0.4, -0.2) is 73.1 Å². The first-order chi connectivity index (χ1) is 13.1. The molecule has 1 saturated heterocycles. The number of nitrogens with zero attached hydrogens (tertiary/aromatic N) is 3. The molecule has 1 aliphatic rings. The number of aldehydes is 1. The molecule has 1 aliphatic heterocycles. The van der Waals surface area contributed by atoms with Crippen molar-refractivity contribution in [3.8, 4) is 0 Å². The SMILES string of the molecule is CC.CN(C)C.[B]C([B])(c1cccc(C=O)[n+]1OC)N1CCC(C(C)C)CC1. The van der Waals surface area contributed by atoms with Crippen LogP contribution in [0, 0.1) is 11.8 Å². The topological polar surface area (TPSA) is 36.7 Å². The minimum atomic E-state index is -1.17. The number of carbonyl (C=O) groups excluding carboxylic acids is 1. The molecule has 1 fully saturated rings. The van der Waals surface area contributed by atoms with Crippen LogP contribution in [0.2, 0.25) is 0 Å². The van der Waals surface area contributed by atoms with Gasteiger partial charge in [-0.2, -0.15) is 0 Å². The molecule has 5 nitrogen and oxygen atoms in total. The lowest BCUT2D eigenvalue weighted by Gasteiger charge is -2.42. The van der Waals surface area contributed by atoms with Crippen LogP contribution in [0.1, 0.15) is 56.7 Å². The summed E-state index contributed by atoms with van der Waals surface area (Å²) in [5, 5.41) is -1.17. The smallest absolute Gasteiger partial charge is 0.297 e. The molecule has 4 radical (unpaired) electrons. The van der Waals surface area contributed by atoms with Crippen LogP contribution in [0.15, 0.2) is 18.2 Å². The van der Waals surface area contributed by atoms with E-state index in [0.29, 0.717) is 23.2 Å². The van der Waals surface area contributed by atoms with Crippen molar-refractivity contribution in [1.29, 1.82) is 0 Å². The second kappa shape index (κ2) is 13.0. The molecule has 0 saturated carbocycles. The van der Waals surface area contributed by atoms with Gasteiger partial charge in [0.15, 0.2) is 0 Å². The van der Waals surface area contributed by atoms with E-state index in [1.165, 1.54) is 11.8 Å². The van der Waals surface area contributed by atoms with E-state index in [1.807, 2.05) is 39.9 Å². The Kier molecular flexibility index (Phi) is 12.4. The normalized spacial score (nSPS) is 15.4. The predicted molar refractivity (Wildman–Crippen MR) is 118 cm³/mol. The van der Waals surface area contributed by atoms with E-state index in [4.69, 9.17) is 20.5 Å². The molecule has 2 heterocycles. The Balaban J connectivity index is 0.00000108. The molecule has 1 aromatic heterocycles. The quantitative estimate of drug-likeness (QED) is 0.440. The summed E-state index contributed by atoms with van der Waals surface area (Å²) >= 11 is 0. The van der Waals surface area contributed by atoms with Crippen molar-refractivity contribution < 1.29 is 14.4 Å². The predicted octanol–water partition coefficient (Wildman–Crippen LogP) is 1.86. The van der Waals surface area contributed by atoms with Gasteiger partial charge in [-0.05, 0) is 65.0 Å². The molecule has 0 amide bonds. The second-order valence-electron chi connectivity index (χ2n) is 7.67. The largest absolute Gasteiger partial charge is 0.312 e. The van der Waals surface area contributed by atoms with E-state index < -0.39 is 5.34 Å². The molecule has 0 aromatic carbocycles. The highest BCUT2D eigenvalue weighted by atomic mass is 16.6. The fraction of sp³-hybridized carbons (Fsp3) is 0.714. The van der Waals surface area contributed by atoms with Crippen molar-refractivity contribution in [2.24, 2.45) is 11.8 Å². The molecule has 0 bridgehead atoms. The van der Waals surface area contributed by atoms with E-state index in [9.17, 15) is 4.79 Å². The van der Waals surface area contributed by atoms with Gasteiger partial charge >= 0.3 is 0 Å². The van der Waals surface area contributed by atoms with Crippen molar-refractivity contribution in [2.75, 3.05) is 41.3 Å². The van der Waals surface area contributed by atoms with Gasteiger partial charge in [-0.3, -0.25) is 9.63 Å². The van der Waals surface area contributed by atoms with Crippen molar-refractivity contribution in [2.45, 2.75) is 45.9 Å². The Bertz CT molecular complexity index is 570. The van der Waals surface area contributed by atoms with Crippen molar-refractivity contribution >= 4 is 22.0 Å². The number of rotatable bonds is 5. The van der Waals surface area contributed by atoms with Crippen molar-refractivity contribution in [1.82, 2.24) is 9.80 Å². The van der Waals surface area contributed by atoms with Gasteiger partial charge in [0.1, 0.15) is 7.11 Å². The van der Waals surface area contributed by atoms with E-state index >= 15 is 0 Å². The summed E-state index contributed by atoms with van der Waals surface area (Å²) in [5.41, 5.74) is 0.958. The molecule has 28 heavy (non-hydrogen) atoms. The average molecular weight is 386 g/mol. The van der Waals surface area contributed by atoms with Gasteiger partial charge in [0.25, 0.3) is 5.69 Å². The second-order valence-corrected chi connectivity index (χ2v) is 7.67. The number of likely N-dealkylation sites (tertiary alicyclic amines) is 1. The van der Waals surface area contributed by atoms with Crippen LogP contribution in [0.25, 0.3) is 0 Å². The highest BCUT2D eigenvalue weighted by Gasteiger charge is 2.39. The summed E-state index contributed by atoms with van der Waals surface area (Å²) in [6.45, 7) is 10.2. The maximum Gasteiger partial charge on any atom is 0.297 e. The maximum absolute atomic E-state index is 11.2. The third-order valence-electron chi connectivity index (χ3n) is 4.69. The van der Waals surface area contributed by atoms with Crippen molar-refractivity contribution in [3.05, 3.63) is 29.6 Å². The zero-order chi connectivity index (χ0) is 21.9. The van der Waals surface area contributed by atoms with E-state index in [-0.39, 0.29) is 0 Å². The fourth-order valence-electron chi connectivity index (χ4n) is 3.20. The Hall–Kier alpha value is -1.33. The van der Waals surface area contributed by atoms with E-state index in [1.54, 1.807) is 18.2 Å². The molecular weight excluding hydrogens is 348 g/mol. The highest BCUT2D eigenvalue weighted by molar-refractivity contribution is 6.39. The molecule has 1 aromatic rings. The first kappa shape index (κ1) is 26.7. The number of pyridine rings is 1. The van der Waals surface area contributed by atoms with Gasteiger partial charge in [-0.25, -0.2) is 0 Å². The van der Waals surface area contributed by atoms with Gasteiger partial charge < -0.3 is 9.80 Å². The fourth-order valence-corrected chi connectivity index (χ4v) is 3.20. The lowest BCUT2D eigenvalue weighted by Crippen LogP contribution is -2.60. The Morgan fingerprint density at radius 2 is 1.71 bits per heavy atom. The molecule has 0 spiro atoms. The van der Waals surface area contributed by atoms with Gasteiger partial charge in [0.05, 0.1) is 15.7 Å². The van der Waals surface area contributed by atoms with E-state index in [0.717, 1.165) is 32.2 Å². The summed E-state index contributed by atoms with van der Waals surface area (Å²) in [6, 6.07) is 5.23. The molecular formula is C21H38B2N3O2+. The summed E-state index contributed by atoms with van der Waals surface area (Å²) in [6.07, 6.45) is 2.89. The third kappa shape index (κ3) is 7.59. The third-order valence-corrected chi connectivity index (χ3v) is 4.69. The summed E-state index contributed by atoms with van der Waals surface area (Å²) in [4.78, 5) is 20.5. The van der Waals surface area contributed by atoms with Gasteiger partial charge in [0, 0.05) is 22.2 Å². The van der Waals surface area contributed by atoms with Gasteiger partial charge in [-0.15, -0.1) is 0 Å². The van der Waals surface area contributed by atoms with Crippen LogP contribution in [-0.2, 0) is 5.34 Å². The van der Waals surface area contributed by atoms with E-state index in [2.05, 4.69) is 18.7 Å². The summed E-state index contributed by atoms with van der Waals surface area (Å²) in [7, 11) is 20.3. The molecule has 7 heteroatoms. The molecule has 0 aliphatic carbocycles. The molecule has 154 valence electrons. The highest BCUT2D eigenvalue weighted by Crippen LogP contribution is 2.29. The number of piperidine rings is 1. The summed E-state index contributed by atoms with van der Waals surface area (Å²) < 4.78 is 1.40. The molecule has 0 unspecified atom stereocenters. The van der Waals surface area contributed by atoms with Crippen LogP contribution < -0.4 is 9.57 Å². The first-order valence-electron chi connectivity index (χ1n) is 10.1. The number of hydrogen-bond acceptors (Lipinski definition) is 4. The Morgan fingerprint density at radius 3 is 2.11 bits per heavy atom. The van der Waals surface area contributed by atoms with Crippen LogP contribution in [0.4, 0.5) is 0 Å². The molecule has 0 atom stereocenters. The minimum absolute atomic E-state index is 0.386. The molecule has 0 N–H and O–H groups in total. The zero-order valence-corrected chi connectivity index (χ0v) is 19.1. The average Bonchev–Trinajstić information content (AvgIpc) is 2.68. The lowest BCUT2D eigenvalue weighted by molar-refractivity contribution is -0.892. The van der Waals surface area contributed by atoms with Crippen LogP contribution in [0.5, 0.6) is 0 Å². The minimum Gasteiger partial charge on any atom is -0.312 e. The monoisotopic (exact) mass is 386 g/mol. The van der Waals surface area contributed by atoms with Gasteiger partial charge in [-0.1, -0.05) is 27.7 Å². The molecule has 2 rings (SSSR count). The first-order valence-corrected chi connectivity index (χ1v) is 10.1. The Labute approximate surface area is 175 Å². The van der Waals surface area contributed by atoms with Crippen LogP contribution >= 0.6 is 0 Å². The summed E-state index contributed by atoms with van der Waals surface area (Å²) in [5.74, 6) is 1.39. The lowest BCUT2D eigenvalue weighted by atomic mass is 9.57. The Morgan fingerprint density at radius 1 is 1.21 bits per heavy atom.